The van der Waals surface area contributed by atoms with Crippen molar-refractivity contribution in [1.29, 1.82) is 0 Å². The van der Waals surface area contributed by atoms with Crippen LogP contribution in [0.25, 0.3) is 0 Å². The molecule has 0 spiro atoms. The largest absolute Gasteiger partial charge is 1.00 e. The molecule has 0 fully saturated rings. The van der Waals surface area contributed by atoms with Crippen LogP contribution in [0.4, 0.5) is 0 Å². The van der Waals surface area contributed by atoms with Gasteiger partial charge in [0.15, 0.2) is 0 Å². The van der Waals surface area contributed by atoms with Gasteiger partial charge in [0.05, 0.1) is 62.0 Å². The molecule has 0 saturated heterocycles. The van der Waals surface area contributed by atoms with Crippen molar-refractivity contribution in [1.82, 2.24) is 0 Å². The second-order valence-corrected chi connectivity index (χ2v) is 14.0. The average Bonchev–Trinajstić information content (AvgIpc) is 2.82. The zero-order chi connectivity index (χ0) is 27.9. The standard InChI is InChI=1S/C33H72N2O2.2HI/c1-9-11-13-14-15-16-18-23-31-37-32-33(25-27-34(3,4)5,26-28-35(6,7)8)24-20-17-19-22-30-36-29-21-12-10-2;;/h9-32H2,1-8H3;2*1H/q+2;;/p-2. The highest BCUT2D eigenvalue weighted by Crippen LogP contribution is 2.35. The van der Waals surface area contributed by atoms with Gasteiger partial charge in [0, 0.05) is 38.1 Å². The van der Waals surface area contributed by atoms with Crippen LogP contribution in [0.15, 0.2) is 0 Å². The molecule has 0 amide bonds. The van der Waals surface area contributed by atoms with Crippen LogP contribution in [0, 0.1) is 5.41 Å². The zero-order valence-corrected chi connectivity index (χ0v) is 32.3. The minimum absolute atomic E-state index is 0. The lowest BCUT2D eigenvalue weighted by molar-refractivity contribution is -0.874. The Bertz CT molecular complexity index is 449. The van der Waals surface area contributed by atoms with Gasteiger partial charge < -0.3 is 66.4 Å². The second-order valence-electron chi connectivity index (χ2n) is 14.0. The van der Waals surface area contributed by atoms with Crippen LogP contribution < -0.4 is 48.0 Å². The first-order chi connectivity index (χ1) is 17.5. The van der Waals surface area contributed by atoms with E-state index in [0.717, 1.165) is 35.4 Å². The summed E-state index contributed by atoms with van der Waals surface area (Å²) in [7, 11) is 14.0. The van der Waals surface area contributed by atoms with Gasteiger partial charge in [-0.15, -0.1) is 0 Å². The molecule has 0 bridgehead atoms. The van der Waals surface area contributed by atoms with E-state index in [4.69, 9.17) is 9.47 Å². The quantitative estimate of drug-likeness (QED) is 0.0691. The van der Waals surface area contributed by atoms with Gasteiger partial charge in [0.2, 0.25) is 0 Å². The third-order valence-electron chi connectivity index (χ3n) is 7.81. The van der Waals surface area contributed by atoms with Gasteiger partial charge in [-0.25, -0.2) is 0 Å². The molecule has 0 radical (unpaired) electrons. The number of halogens is 2. The predicted octanol–water partition coefficient (Wildman–Crippen LogP) is 2.49. The highest BCUT2D eigenvalue weighted by atomic mass is 127. The Morgan fingerprint density at radius 1 is 0.436 bits per heavy atom. The fraction of sp³-hybridized carbons (Fsp3) is 1.00. The third-order valence-corrected chi connectivity index (χ3v) is 7.81. The maximum absolute atomic E-state index is 6.48. The molecule has 0 saturated carbocycles. The molecule has 0 aliphatic rings. The molecule has 0 atom stereocenters. The number of hydrogen-bond donors (Lipinski definition) is 0. The summed E-state index contributed by atoms with van der Waals surface area (Å²) in [5, 5.41) is 0. The summed E-state index contributed by atoms with van der Waals surface area (Å²) in [6, 6.07) is 0. The van der Waals surface area contributed by atoms with Crippen molar-refractivity contribution in [3.05, 3.63) is 0 Å². The Morgan fingerprint density at radius 3 is 1.26 bits per heavy atom. The summed E-state index contributed by atoms with van der Waals surface area (Å²) in [5.74, 6) is 0. The topological polar surface area (TPSA) is 18.5 Å². The molecule has 0 aromatic carbocycles. The van der Waals surface area contributed by atoms with E-state index < -0.39 is 0 Å². The molecular weight excluding hydrogens is 710 g/mol. The predicted molar refractivity (Wildman–Crippen MR) is 164 cm³/mol. The molecule has 0 unspecified atom stereocenters. The van der Waals surface area contributed by atoms with Crippen molar-refractivity contribution in [2.45, 2.75) is 129 Å². The van der Waals surface area contributed by atoms with Gasteiger partial charge in [-0.3, -0.25) is 0 Å². The molecule has 0 N–H and O–H groups in total. The molecule has 0 aliphatic heterocycles. The maximum Gasteiger partial charge on any atom is 0.0786 e. The van der Waals surface area contributed by atoms with Gasteiger partial charge in [-0.2, -0.15) is 0 Å². The smallest absolute Gasteiger partial charge is 0.0786 e. The summed E-state index contributed by atoms with van der Waals surface area (Å²) in [6.07, 6.45) is 23.7. The molecule has 0 aromatic heterocycles. The van der Waals surface area contributed by atoms with Crippen molar-refractivity contribution >= 4 is 0 Å². The van der Waals surface area contributed by atoms with Crippen molar-refractivity contribution in [3.63, 3.8) is 0 Å². The summed E-state index contributed by atoms with van der Waals surface area (Å²) < 4.78 is 14.4. The molecule has 0 heterocycles. The van der Waals surface area contributed by atoms with Crippen LogP contribution in [0.1, 0.15) is 129 Å². The number of nitrogens with zero attached hydrogens (tertiary/aromatic N) is 2. The first kappa shape index (κ1) is 44.7. The van der Waals surface area contributed by atoms with Gasteiger partial charge >= 0.3 is 0 Å². The third kappa shape index (κ3) is 32.1. The van der Waals surface area contributed by atoms with Crippen LogP contribution in [0.5, 0.6) is 0 Å². The summed E-state index contributed by atoms with van der Waals surface area (Å²) in [6.45, 7) is 10.8. The van der Waals surface area contributed by atoms with Gasteiger partial charge in [0.1, 0.15) is 0 Å². The van der Waals surface area contributed by atoms with E-state index in [1.54, 1.807) is 0 Å². The highest BCUT2D eigenvalue weighted by molar-refractivity contribution is 4.80. The number of quaternary nitrogens is 2. The molecule has 0 aliphatic carbocycles. The Hall–Kier alpha value is 1.30. The van der Waals surface area contributed by atoms with Crippen molar-refractivity contribution < 1.29 is 66.4 Å². The molecular formula is C33H72I2N2O2. The Kier molecular flexibility index (Phi) is 32.2. The maximum atomic E-state index is 6.48. The van der Waals surface area contributed by atoms with Crippen molar-refractivity contribution in [2.24, 2.45) is 5.41 Å². The van der Waals surface area contributed by atoms with E-state index in [0.29, 0.717) is 5.41 Å². The van der Waals surface area contributed by atoms with Crippen LogP contribution in [-0.4, -0.2) is 90.8 Å². The van der Waals surface area contributed by atoms with Crippen LogP contribution in [0.3, 0.4) is 0 Å². The molecule has 0 aromatic rings. The van der Waals surface area contributed by atoms with E-state index in [1.165, 1.54) is 129 Å². The summed E-state index contributed by atoms with van der Waals surface area (Å²) >= 11 is 0. The van der Waals surface area contributed by atoms with E-state index in [1.807, 2.05) is 0 Å². The molecule has 39 heavy (non-hydrogen) atoms. The van der Waals surface area contributed by atoms with Gasteiger partial charge in [-0.05, 0) is 25.7 Å². The SMILES string of the molecule is CCCCCCCCCCOCC(CCCCCCOCCCCC)(CC[N+](C)(C)C)CC[N+](C)(C)C.[I-].[I-]. The number of ether oxygens (including phenoxy) is 2. The number of unbranched alkanes of at least 4 members (excludes halogenated alkanes) is 12. The van der Waals surface area contributed by atoms with Crippen LogP contribution in [0.2, 0.25) is 0 Å². The lowest BCUT2D eigenvalue weighted by atomic mass is 9.76. The molecule has 0 rings (SSSR count). The number of rotatable bonds is 28. The molecule has 4 nitrogen and oxygen atoms in total. The van der Waals surface area contributed by atoms with E-state index >= 15 is 0 Å². The summed E-state index contributed by atoms with van der Waals surface area (Å²) in [5.41, 5.74) is 0.313. The van der Waals surface area contributed by atoms with Gasteiger partial charge in [-0.1, -0.05) is 90.9 Å². The normalized spacial score (nSPS) is 12.3. The Morgan fingerprint density at radius 2 is 0.795 bits per heavy atom. The highest BCUT2D eigenvalue weighted by Gasteiger charge is 2.34. The van der Waals surface area contributed by atoms with Crippen molar-refractivity contribution in [3.8, 4) is 0 Å². The Labute approximate surface area is 281 Å². The first-order valence-electron chi connectivity index (χ1n) is 16.3. The second kappa shape index (κ2) is 28.1. The van der Waals surface area contributed by atoms with Crippen molar-refractivity contribution in [2.75, 3.05) is 81.8 Å². The minimum atomic E-state index is 0. The minimum Gasteiger partial charge on any atom is -1.00 e. The van der Waals surface area contributed by atoms with E-state index in [9.17, 15) is 0 Å². The fourth-order valence-corrected chi connectivity index (χ4v) is 4.98. The summed E-state index contributed by atoms with van der Waals surface area (Å²) in [4.78, 5) is 0. The van der Waals surface area contributed by atoms with Crippen LogP contribution in [-0.2, 0) is 9.47 Å². The first-order valence-corrected chi connectivity index (χ1v) is 16.3. The average molecular weight is 783 g/mol. The van der Waals surface area contributed by atoms with E-state index in [-0.39, 0.29) is 48.0 Å². The zero-order valence-electron chi connectivity index (χ0n) is 27.9. The molecule has 6 heteroatoms. The van der Waals surface area contributed by atoms with Gasteiger partial charge in [0.25, 0.3) is 0 Å². The fourth-order valence-electron chi connectivity index (χ4n) is 4.98. The Balaban J connectivity index is -0.00000648. The number of hydrogen-bond acceptors (Lipinski definition) is 2. The lowest BCUT2D eigenvalue weighted by Gasteiger charge is -2.38. The van der Waals surface area contributed by atoms with E-state index in [2.05, 4.69) is 56.1 Å². The lowest BCUT2D eigenvalue weighted by Crippen LogP contribution is -3.00. The monoisotopic (exact) mass is 782 g/mol. The van der Waals surface area contributed by atoms with Crippen LogP contribution >= 0.6 is 0 Å². The molecule has 240 valence electrons.